The Morgan fingerprint density at radius 1 is 1.28 bits per heavy atom. The number of ether oxygens (including phenoxy) is 1. The first kappa shape index (κ1) is 19.1. The van der Waals surface area contributed by atoms with Crippen molar-refractivity contribution in [2.24, 2.45) is 0 Å². The van der Waals surface area contributed by atoms with Crippen molar-refractivity contribution < 1.29 is 24.9 Å². The highest BCUT2D eigenvalue weighted by atomic mass is 16.5. The highest BCUT2D eigenvalue weighted by Gasteiger charge is 2.33. The molecule has 1 aromatic rings. The van der Waals surface area contributed by atoms with Gasteiger partial charge in [0.25, 0.3) is 0 Å². The molecule has 5 nitrogen and oxygen atoms in total. The summed E-state index contributed by atoms with van der Waals surface area (Å²) in [7, 11) is 0. The fourth-order valence-electron chi connectivity index (χ4n) is 3.04. The Bertz CT molecular complexity index is 728. The first-order valence-corrected chi connectivity index (χ1v) is 8.60. The average Bonchev–Trinajstić information content (AvgIpc) is 2.54. The first-order valence-electron chi connectivity index (χ1n) is 8.60. The number of benzene rings is 1. The maximum absolute atomic E-state index is 11.1. The van der Waals surface area contributed by atoms with E-state index in [9.17, 15) is 20.1 Å². The molecule has 1 aliphatic rings. The van der Waals surface area contributed by atoms with Gasteiger partial charge in [0.2, 0.25) is 0 Å². The Hall–Kier alpha value is -2.27. The van der Waals surface area contributed by atoms with Crippen molar-refractivity contribution in [3.05, 3.63) is 28.8 Å². The number of aliphatic hydroxyl groups is 1. The molecule has 5 heteroatoms. The Morgan fingerprint density at radius 3 is 2.52 bits per heavy atom. The summed E-state index contributed by atoms with van der Waals surface area (Å²) in [4.78, 5) is 11.1. The Morgan fingerprint density at radius 2 is 1.96 bits per heavy atom. The molecule has 25 heavy (non-hydrogen) atoms. The van der Waals surface area contributed by atoms with Gasteiger partial charge in [0.15, 0.2) is 0 Å². The minimum absolute atomic E-state index is 0.0668. The highest BCUT2D eigenvalue weighted by molar-refractivity contribution is 5.90. The van der Waals surface area contributed by atoms with E-state index < -0.39 is 11.7 Å². The summed E-state index contributed by atoms with van der Waals surface area (Å²) < 4.78 is 6.01. The molecule has 1 unspecified atom stereocenters. The fourth-order valence-corrected chi connectivity index (χ4v) is 3.04. The summed E-state index contributed by atoms with van der Waals surface area (Å²) in [6.45, 7) is 7.45. The molecule has 136 valence electrons. The monoisotopic (exact) mass is 346 g/mol. The van der Waals surface area contributed by atoms with Gasteiger partial charge in [-0.05, 0) is 50.5 Å². The van der Waals surface area contributed by atoms with Gasteiger partial charge in [0, 0.05) is 0 Å². The molecule has 1 heterocycles. The summed E-state index contributed by atoms with van der Waals surface area (Å²) in [5, 5.41) is 31.7. The van der Waals surface area contributed by atoms with Crippen LogP contribution in [0.1, 0.15) is 69.8 Å². The number of aliphatic hydroxyl groups excluding tert-OH is 1. The number of rotatable bonds is 6. The van der Waals surface area contributed by atoms with Crippen molar-refractivity contribution in [3.8, 4) is 17.2 Å². The summed E-state index contributed by atoms with van der Waals surface area (Å²) in [6, 6.07) is 0. The van der Waals surface area contributed by atoms with Gasteiger partial charge in [-0.3, -0.25) is 4.79 Å². The van der Waals surface area contributed by atoms with Crippen LogP contribution in [0.5, 0.6) is 17.2 Å². The van der Waals surface area contributed by atoms with E-state index in [0.29, 0.717) is 41.6 Å². The van der Waals surface area contributed by atoms with Crippen LogP contribution in [0.25, 0.3) is 11.6 Å². The lowest BCUT2D eigenvalue weighted by molar-refractivity contribution is -0.104. The Balaban J connectivity index is 2.87. The van der Waals surface area contributed by atoms with Crippen LogP contribution in [0.3, 0.4) is 0 Å². The van der Waals surface area contributed by atoms with E-state index in [1.807, 2.05) is 20.8 Å². The van der Waals surface area contributed by atoms with Gasteiger partial charge in [0.05, 0.1) is 22.8 Å². The van der Waals surface area contributed by atoms with Gasteiger partial charge in [-0.2, -0.15) is 0 Å². The molecule has 0 amide bonds. The van der Waals surface area contributed by atoms with E-state index in [-0.39, 0.29) is 17.1 Å². The molecule has 3 N–H and O–H groups in total. The number of aromatic hydroxyl groups is 2. The smallest absolute Gasteiger partial charge is 0.143 e. The third kappa shape index (κ3) is 3.56. The normalized spacial score (nSPS) is 16.9. The summed E-state index contributed by atoms with van der Waals surface area (Å²) in [5.41, 5.74) is 0.826. The topological polar surface area (TPSA) is 87.0 Å². The van der Waals surface area contributed by atoms with Crippen molar-refractivity contribution in [1.82, 2.24) is 0 Å². The van der Waals surface area contributed by atoms with Crippen LogP contribution in [-0.2, 0) is 4.79 Å². The van der Waals surface area contributed by atoms with Crippen LogP contribution in [0, 0.1) is 0 Å². The van der Waals surface area contributed by atoms with Crippen LogP contribution in [0.4, 0.5) is 0 Å². The maximum atomic E-state index is 11.1. The van der Waals surface area contributed by atoms with Crippen molar-refractivity contribution in [2.75, 3.05) is 0 Å². The number of hydrogen-bond donors (Lipinski definition) is 3. The lowest BCUT2D eigenvalue weighted by atomic mass is 9.88. The molecule has 1 aromatic carbocycles. The van der Waals surface area contributed by atoms with Gasteiger partial charge >= 0.3 is 0 Å². The summed E-state index contributed by atoms with van der Waals surface area (Å²) in [6.07, 6.45) is 6.23. The molecule has 2 rings (SSSR count). The molecular formula is C20H26O5. The SMILES string of the molecule is CCC/C(=C/C=O)c1c(O)c(C(O)CC)c(O)c2c1OC(C)(C)C=C2. The van der Waals surface area contributed by atoms with Gasteiger partial charge in [0.1, 0.15) is 29.1 Å². The van der Waals surface area contributed by atoms with Crippen LogP contribution in [-0.4, -0.2) is 27.2 Å². The van der Waals surface area contributed by atoms with Crippen LogP contribution >= 0.6 is 0 Å². The van der Waals surface area contributed by atoms with E-state index in [0.717, 1.165) is 6.42 Å². The molecule has 0 radical (unpaired) electrons. The molecule has 1 atom stereocenters. The second-order valence-corrected chi connectivity index (χ2v) is 6.77. The van der Waals surface area contributed by atoms with E-state index >= 15 is 0 Å². The zero-order valence-electron chi connectivity index (χ0n) is 15.2. The quantitative estimate of drug-likeness (QED) is 0.533. The lowest BCUT2D eigenvalue weighted by Crippen LogP contribution is -2.28. The maximum Gasteiger partial charge on any atom is 0.143 e. The van der Waals surface area contributed by atoms with Crippen LogP contribution in [0.15, 0.2) is 12.2 Å². The molecule has 0 bridgehead atoms. The zero-order chi connectivity index (χ0) is 18.8. The van der Waals surface area contributed by atoms with E-state index in [4.69, 9.17) is 4.74 Å². The summed E-state index contributed by atoms with van der Waals surface area (Å²) >= 11 is 0. The van der Waals surface area contributed by atoms with Crippen LogP contribution < -0.4 is 4.74 Å². The zero-order valence-corrected chi connectivity index (χ0v) is 15.2. The third-order valence-electron chi connectivity index (χ3n) is 4.32. The number of phenols is 2. The third-order valence-corrected chi connectivity index (χ3v) is 4.32. The molecule has 0 saturated carbocycles. The number of allylic oxidation sites excluding steroid dienone is 2. The van der Waals surface area contributed by atoms with Gasteiger partial charge in [-0.1, -0.05) is 20.3 Å². The predicted molar refractivity (Wildman–Crippen MR) is 97.7 cm³/mol. The van der Waals surface area contributed by atoms with Gasteiger partial charge < -0.3 is 20.1 Å². The molecule has 0 aromatic heterocycles. The highest BCUT2D eigenvalue weighted by Crippen LogP contribution is 2.52. The minimum Gasteiger partial charge on any atom is -0.507 e. The van der Waals surface area contributed by atoms with Crippen molar-refractivity contribution in [1.29, 1.82) is 0 Å². The molecule has 1 aliphatic heterocycles. The predicted octanol–water partition coefficient (Wildman–Crippen LogP) is 4.11. The van der Waals surface area contributed by atoms with Crippen molar-refractivity contribution >= 4 is 17.9 Å². The van der Waals surface area contributed by atoms with Gasteiger partial charge in [-0.25, -0.2) is 0 Å². The molecule has 0 saturated heterocycles. The van der Waals surface area contributed by atoms with Crippen molar-refractivity contribution in [3.63, 3.8) is 0 Å². The van der Waals surface area contributed by atoms with E-state index in [1.165, 1.54) is 6.08 Å². The number of carbonyl (C=O) groups excluding carboxylic acids is 1. The lowest BCUT2D eigenvalue weighted by Gasteiger charge is -2.32. The van der Waals surface area contributed by atoms with E-state index in [2.05, 4.69) is 0 Å². The fraction of sp³-hybridized carbons (Fsp3) is 0.450. The molecule has 0 fully saturated rings. The van der Waals surface area contributed by atoms with E-state index in [1.54, 1.807) is 19.1 Å². The molecule has 0 spiro atoms. The largest absolute Gasteiger partial charge is 0.507 e. The number of fused-ring (bicyclic) bond motifs is 1. The Labute approximate surface area is 148 Å². The standard InChI is InChI=1S/C20H26O5/c1-5-7-12(9-11-21)15-18(24)16(14(22)6-2)17(23)13-8-10-20(3,4)25-19(13)15/h8-11,14,22-24H,5-7H2,1-4H3/b12-9-. The summed E-state index contributed by atoms with van der Waals surface area (Å²) in [5.74, 6) is -0.103. The molecular weight excluding hydrogens is 320 g/mol. The first-order chi connectivity index (χ1) is 11.8. The van der Waals surface area contributed by atoms with Crippen molar-refractivity contribution in [2.45, 2.75) is 58.7 Å². The number of carbonyl (C=O) groups is 1. The Kier molecular flexibility index (Phi) is 5.58. The number of phenolic OH excluding ortho intramolecular Hbond substituents is 2. The van der Waals surface area contributed by atoms with Crippen LogP contribution in [0.2, 0.25) is 0 Å². The number of hydrogen-bond acceptors (Lipinski definition) is 5. The van der Waals surface area contributed by atoms with Gasteiger partial charge in [-0.15, -0.1) is 0 Å². The second-order valence-electron chi connectivity index (χ2n) is 6.77. The molecule has 0 aliphatic carbocycles. The average molecular weight is 346 g/mol. The second kappa shape index (κ2) is 7.31. The number of aldehydes is 1. The minimum atomic E-state index is -1.02.